The number of carbonyl (C=O) groups excluding carboxylic acids is 2. The van der Waals surface area contributed by atoms with Crippen LogP contribution < -0.4 is 18.5 Å². The first-order valence-corrected chi connectivity index (χ1v) is 15.5. The van der Waals surface area contributed by atoms with Crippen LogP contribution in [-0.4, -0.2) is 83.5 Å². The predicted molar refractivity (Wildman–Crippen MR) is 158 cm³/mol. The van der Waals surface area contributed by atoms with Gasteiger partial charge in [-0.05, 0) is 36.4 Å². The number of nitrogens with zero attached hydrogens (tertiary/aromatic N) is 3. The van der Waals surface area contributed by atoms with Gasteiger partial charge in [0, 0.05) is 49.3 Å². The Morgan fingerprint density at radius 1 is 1.00 bits per heavy atom. The van der Waals surface area contributed by atoms with Crippen LogP contribution >= 0.6 is 11.6 Å². The van der Waals surface area contributed by atoms with Crippen LogP contribution in [0, 0.1) is 0 Å². The van der Waals surface area contributed by atoms with Crippen molar-refractivity contribution in [2.45, 2.75) is 35.4 Å². The maximum atomic E-state index is 15.4. The third-order valence-corrected chi connectivity index (χ3v) is 9.83. The molecule has 5 rings (SSSR count). The van der Waals surface area contributed by atoms with Gasteiger partial charge in [0.05, 0.1) is 25.9 Å². The summed E-state index contributed by atoms with van der Waals surface area (Å²) in [5.41, 5.74) is -2.55. The molecule has 2 amide bonds. The molecule has 0 N–H and O–H groups in total. The van der Waals surface area contributed by atoms with Crippen molar-refractivity contribution in [2.75, 3.05) is 39.2 Å². The number of ether oxygens (including phenoxy) is 3. The van der Waals surface area contributed by atoms with Crippen molar-refractivity contribution in [3.05, 3.63) is 76.8 Å². The summed E-state index contributed by atoms with van der Waals surface area (Å²) in [7, 11) is 0.132. The minimum Gasteiger partial charge on any atom is -0.497 e. The SMILES string of the molecule is COc1ccc(S(=O)(=O)N2C(=O)C(c3ccccc3OC)(N3C[C@@H](F)C[C@@H]3C(=O)N(C)C)c3cc(Cl)ccc32)c(OC(F)(F)F)c1. The maximum Gasteiger partial charge on any atom is 0.573 e. The topological polar surface area (TPSA) is 106 Å². The van der Waals surface area contributed by atoms with Crippen LogP contribution in [-0.2, 0) is 25.2 Å². The number of hydrogen-bond donors (Lipinski definition) is 0. The molecule has 16 heteroatoms. The molecule has 0 aliphatic carbocycles. The van der Waals surface area contributed by atoms with E-state index >= 15 is 9.18 Å². The van der Waals surface area contributed by atoms with Gasteiger partial charge in [0.15, 0.2) is 11.3 Å². The minimum atomic E-state index is -5.32. The number of likely N-dealkylation sites (tertiary alicyclic amines) is 1. The molecule has 0 aromatic heterocycles. The van der Waals surface area contributed by atoms with E-state index in [0.717, 1.165) is 25.3 Å². The molecule has 3 aromatic carbocycles. The average Bonchev–Trinajstić information content (AvgIpc) is 3.50. The Hall–Kier alpha value is -4.08. The molecule has 0 spiro atoms. The molecule has 1 unspecified atom stereocenters. The maximum absolute atomic E-state index is 15.4. The van der Waals surface area contributed by atoms with E-state index in [1.807, 2.05) is 0 Å². The summed E-state index contributed by atoms with van der Waals surface area (Å²) in [6.45, 7) is -0.487. The van der Waals surface area contributed by atoms with E-state index in [-0.39, 0.29) is 39.8 Å². The third-order valence-electron chi connectivity index (χ3n) is 7.86. The molecular weight excluding hydrogens is 658 g/mol. The van der Waals surface area contributed by atoms with E-state index in [1.165, 1.54) is 61.3 Å². The smallest absolute Gasteiger partial charge is 0.497 e. The lowest BCUT2D eigenvalue weighted by molar-refractivity contribution is -0.275. The molecule has 0 saturated carbocycles. The van der Waals surface area contributed by atoms with Crippen molar-refractivity contribution in [1.82, 2.24) is 9.80 Å². The lowest BCUT2D eigenvalue weighted by atomic mass is 9.80. The summed E-state index contributed by atoms with van der Waals surface area (Å²) in [6.07, 6.45) is -7.26. The zero-order valence-electron chi connectivity index (χ0n) is 24.8. The first kappa shape index (κ1) is 33.3. The van der Waals surface area contributed by atoms with Gasteiger partial charge in [0.25, 0.3) is 15.9 Å². The summed E-state index contributed by atoms with van der Waals surface area (Å²) in [4.78, 5) is 30.1. The molecular formula is C30H28ClF4N3O7S. The lowest BCUT2D eigenvalue weighted by Crippen LogP contribution is -2.59. The molecule has 2 aliphatic heterocycles. The first-order chi connectivity index (χ1) is 21.6. The molecule has 10 nitrogen and oxygen atoms in total. The number of anilines is 1. The predicted octanol–water partition coefficient (Wildman–Crippen LogP) is 4.74. The van der Waals surface area contributed by atoms with Gasteiger partial charge in [-0.1, -0.05) is 29.8 Å². The van der Waals surface area contributed by atoms with Crippen molar-refractivity contribution in [1.29, 1.82) is 0 Å². The fourth-order valence-electron chi connectivity index (χ4n) is 6.04. The molecule has 3 atom stereocenters. The Bertz CT molecular complexity index is 1810. The molecule has 46 heavy (non-hydrogen) atoms. The van der Waals surface area contributed by atoms with Gasteiger partial charge in [-0.15, -0.1) is 13.2 Å². The average molecular weight is 686 g/mol. The monoisotopic (exact) mass is 685 g/mol. The van der Waals surface area contributed by atoms with E-state index in [0.29, 0.717) is 4.31 Å². The highest BCUT2D eigenvalue weighted by atomic mass is 35.5. The number of halogens is 5. The van der Waals surface area contributed by atoms with E-state index < -0.39 is 63.1 Å². The zero-order chi connectivity index (χ0) is 33.8. The van der Waals surface area contributed by atoms with Crippen molar-refractivity contribution >= 4 is 39.1 Å². The Morgan fingerprint density at radius 2 is 1.70 bits per heavy atom. The number of amides is 2. The van der Waals surface area contributed by atoms with Gasteiger partial charge >= 0.3 is 6.36 Å². The zero-order valence-corrected chi connectivity index (χ0v) is 26.4. The molecule has 246 valence electrons. The molecule has 0 radical (unpaired) electrons. The summed E-state index contributed by atoms with van der Waals surface area (Å²) < 4.78 is 99.7. The number of benzene rings is 3. The number of rotatable bonds is 8. The van der Waals surface area contributed by atoms with Crippen molar-refractivity contribution in [3.63, 3.8) is 0 Å². The fourth-order valence-corrected chi connectivity index (χ4v) is 7.77. The van der Waals surface area contributed by atoms with Crippen LogP contribution in [0.25, 0.3) is 0 Å². The van der Waals surface area contributed by atoms with Gasteiger partial charge < -0.3 is 19.1 Å². The Kier molecular flexibility index (Phi) is 8.64. The Balaban J connectivity index is 1.85. The number of para-hydroxylation sites is 1. The highest BCUT2D eigenvalue weighted by Crippen LogP contribution is 2.55. The Labute approximate surface area is 267 Å². The highest BCUT2D eigenvalue weighted by molar-refractivity contribution is 7.93. The lowest BCUT2D eigenvalue weighted by Gasteiger charge is -2.42. The van der Waals surface area contributed by atoms with E-state index in [2.05, 4.69) is 4.74 Å². The van der Waals surface area contributed by atoms with Crippen LogP contribution in [0.2, 0.25) is 5.02 Å². The quantitative estimate of drug-likeness (QED) is 0.314. The van der Waals surface area contributed by atoms with Crippen LogP contribution in [0.15, 0.2) is 65.6 Å². The second-order valence-electron chi connectivity index (χ2n) is 10.7. The van der Waals surface area contributed by atoms with Crippen LogP contribution in [0.1, 0.15) is 17.5 Å². The molecule has 1 saturated heterocycles. The number of sulfonamides is 1. The van der Waals surface area contributed by atoms with E-state index in [4.69, 9.17) is 21.1 Å². The first-order valence-electron chi connectivity index (χ1n) is 13.7. The molecule has 3 aromatic rings. The number of alkyl halides is 4. The third kappa shape index (κ3) is 5.39. The van der Waals surface area contributed by atoms with Gasteiger partial charge in [-0.3, -0.25) is 14.5 Å². The van der Waals surface area contributed by atoms with Gasteiger partial charge in [0.2, 0.25) is 5.91 Å². The summed E-state index contributed by atoms with van der Waals surface area (Å²) >= 11 is 6.42. The minimum absolute atomic E-state index is 0.0517. The Morgan fingerprint density at radius 3 is 2.33 bits per heavy atom. The van der Waals surface area contributed by atoms with Crippen molar-refractivity contribution < 1.29 is 49.8 Å². The van der Waals surface area contributed by atoms with Crippen molar-refractivity contribution in [3.8, 4) is 17.2 Å². The second kappa shape index (κ2) is 11.9. The molecule has 1 fully saturated rings. The van der Waals surface area contributed by atoms with E-state index in [9.17, 15) is 26.4 Å². The molecule has 0 bridgehead atoms. The van der Waals surface area contributed by atoms with Crippen molar-refractivity contribution in [2.24, 2.45) is 0 Å². The highest BCUT2D eigenvalue weighted by Gasteiger charge is 2.64. The number of hydrogen-bond acceptors (Lipinski definition) is 8. The summed E-state index contributed by atoms with van der Waals surface area (Å²) in [5.74, 6) is -3.02. The van der Waals surface area contributed by atoms with Crippen LogP contribution in [0.5, 0.6) is 17.2 Å². The molecule has 2 aliphatic rings. The van der Waals surface area contributed by atoms with Crippen LogP contribution in [0.3, 0.4) is 0 Å². The van der Waals surface area contributed by atoms with E-state index in [1.54, 1.807) is 12.1 Å². The largest absolute Gasteiger partial charge is 0.573 e. The fraction of sp³-hybridized carbons (Fsp3) is 0.333. The summed E-state index contributed by atoms with van der Waals surface area (Å²) in [6, 6.07) is 11.3. The number of fused-ring (bicyclic) bond motifs is 1. The number of methoxy groups -OCH3 is 2. The molecule has 2 heterocycles. The second-order valence-corrected chi connectivity index (χ2v) is 12.9. The normalized spacial score (nSPS) is 21.7. The number of carbonyl (C=O) groups is 2. The van der Waals surface area contributed by atoms with Gasteiger partial charge in [-0.2, -0.15) is 0 Å². The van der Waals surface area contributed by atoms with Crippen LogP contribution in [0.4, 0.5) is 23.2 Å². The standard InChI is InChI=1S/C30H28ClF4N3O7S/c1-36(2)27(39)23-14-18(32)16-37(23)29(20-7-5-6-8-24(20)44-4)21-13-17(31)9-11-22(21)38(28(29)40)46(41,42)26-12-10-19(43-3)15-25(26)45-30(33,34)35/h5-13,15,18,23H,14,16H2,1-4H3/t18-,23+,29?/m0/s1. The van der Waals surface area contributed by atoms with Gasteiger partial charge in [-0.25, -0.2) is 17.1 Å². The summed E-state index contributed by atoms with van der Waals surface area (Å²) in [5, 5.41) is 0.0575. The van der Waals surface area contributed by atoms with Gasteiger partial charge in [0.1, 0.15) is 22.6 Å². The number of likely N-dealkylation sites (N-methyl/N-ethyl adjacent to an activating group) is 1.